The SMILES string of the molecule is C/C(CCC=O)=N/O.CN. The Hall–Kier alpha value is -0.900. The van der Waals surface area contributed by atoms with Gasteiger partial charge in [0.15, 0.2) is 0 Å². The van der Waals surface area contributed by atoms with Crippen LogP contribution >= 0.6 is 0 Å². The number of hydrogen-bond donors (Lipinski definition) is 2. The summed E-state index contributed by atoms with van der Waals surface area (Å²) in [5.74, 6) is 0. The first-order valence-corrected chi connectivity index (χ1v) is 3.00. The Morgan fingerprint density at radius 1 is 1.70 bits per heavy atom. The lowest BCUT2D eigenvalue weighted by atomic mass is 10.2. The van der Waals surface area contributed by atoms with E-state index in [-0.39, 0.29) is 0 Å². The van der Waals surface area contributed by atoms with Gasteiger partial charge in [-0.15, -0.1) is 0 Å². The fourth-order valence-electron chi connectivity index (χ4n) is 0.318. The molecule has 0 aromatic carbocycles. The van der Waals surface area contributed by atoms with Crippen LogP contribution in [0.2, 0.25) is 0 Å². The van der Waals surface area contributed by atoms with Crippen molar-refractivity contribution in [2.75, 3.05) is 7.05 Å². The zero-order valence-electron chi connectivity index (χ0n) is 6.37. The number of nitrogens with zero attached hydrogens (tertiary/aromatic N) is 1. The van der Waals surface area contributed by atoms with Crippen molar-refractivity contribution < 1.29 is 10.0 Å². The lowest BCUT2D eigenvalue weighted by Crippen LogP contribution is -1.90. The summed E-state index contributed by atoms with van der Waals surface area (Å²) in [6, 6.07) is 0. The molecule has 0 aromatic rings. The maximum Gasteiger partial charge on any atom is 0.120 e. The maximum absolute atomic E-state index is 9.69. The molecule has 0 saturated carbocycles. The number of nitrogens with two attached hydrogens (primary N) is 1. The second-order valence-electron chi connectivity index (χ2n) is 1.54. The summed E-state index contributed by atoms with van der Waals surface area (Å²) in [4.78, 5) is 9.69. The standard InChI is InChI=1S/C5H9NO2.CH5N/c1-5(6-8)3-2-4-7;1-2/h4,8H,2-3H2,1H3;2H2,1H3/b6-5-;. The quantitative estimate of drug-likeness (QED) is 0.262. The van der Waals surface area contributed by atoms with Crippen molar-refractivity contribution in [3.8, 4) is 0 Å². The van der Waals surface area contributed by atoms with Crippen molar-refractivity contribution in [3.63, 3.8) is 0 Å². The third kappa shape index (κ3) is 10.2. The third-order valence-corrected chi connectivity index (χ3v) is 0.795. The highest BCUT2D eigenvalue weighted by Gasteiger charge is 1.87. The number of carbonyl (C=O) groups excluding carboxylic acids is 1. The Balaban J connectivity index is 0. The highest BCUT2D eigenvalue weighted by Crippen LogP contribution is 1.86. The van der Waals surface area contributed by atoms with Gasteiger partial charge in [0.2, 0.25) is 0 Å². The normalized spacial score (nSPS) is 9.70. The molecule has 0 amide bonds. The van der Waals surface area contributed by atoms with Gasteiger partial charge in [-0.2, -0.15) is 0 Å². The van der Waals surface area contributed by atoms with Gasteiger partial charge in [0.05, 0.1) is 5.71 Å². The second kappa shape index (κ2) is 11.0. The minimum absolute atomic E-state index is 0.440. The van der Waals surface area contributed by atoms with Gasteiger partial charge < -0.3 is 15.7 Å². The van der Waals surface area contributed by atoms with Gasteiger partial charge in [0.1, 0.15) is 6.29 Å². The fourth-order valence-corrected chi connectivity index (χ4v) is 0.318. The number of hydrogen-bond acceptors (Lipinski definition) is 4. The number of oxime groups is 1. The van der Waals surface area contributed by atoms with Crippen molar-refractivity contribution in [1.82, 2.24) is 0 Å². The molecule has 0 bridgehead atoms. The molecule has 60 valence electrons. The molecule has 0 saturated heterocycles. The van der Waals surface area contributed by atoms with E-state index in [1.165, 1.54) is 7.05 Å². The molecule has 10 heavy (non-hydrogen) atoms. The number of carbonyl (C=O) groups is 1. The van der Waals surface area contributed by atoms with Crippen LogP contribution in [0, 0.1) is 0 Å². The molecular formula is C6H14N2O2. The Labute approximate surface area is 60.7 Å². The molecule has 0 fully saturated rings. The van der Waals surface area contributed by atoms with E-state index in [2.05, 4.69) is 10.9 Å². The van der Waals surface area contributed by atoms with Gasteiger partial charge >= 0.3 is 0 Å². The van der Waals surface area contributed by atoms with Crippen molar-refractivity contribution in [2.45, 2.75) is 19.8 Å². The van der Waals surface area contributed by atoms with Crippen LogP contribution in [0.15, 0.2) is 5.16 Å². The Bertz CT molecular complexity index is 102. The summed E-state index contributed by atoms with van der Waals surface area (Å²) in [5, 5.41) is 10.9. The van der Waals surface area contributed by atoms with Crippen LogP contribution < -0.4 is 5.73 Å². The van der Waals surface area contributed by atoms with Gasteiger partial charge in [-0.1, -0.05) is 5.16 Å². The van der Waals surface area contributed by atoms with Gasteiger partial charge in [-0.05, 0) is 20.4 Å². The molecule has 3 N–H and O–H groups in total. The highest BCUT2D eigenvalue weighted by atomic mass is 16.4. The van der Waals surface area contributed by atoms with Gasteiger partial charge in [0.25, 0.3) is 0 Å². The molecule has 4 nitrogen and oxygen atoms in total. The zero-order chi connectivity index (χ0) is 8.41. The molecule has 0 atom stereocenters. The molecule has 0 aliphatic carbocycles. The number of aldehydes is 1. The van der Waals surface area contributed by atoms with Crippen molar-refractivity contribution in [2.24, 2.45) is 10.9 Å². The molecule has 0 aliphatic rings. The average molecular weight is 146 g/mol. The summed E-state index contributed by atoms with van der Waals surface area (Å²) < 4.78 is 0. The summed E-state index contributed by atoms with van der Waals surface area (Å²) in [6.07, 6.45) is 1.80. The van der Waals surface area contributed by atoms with E-state index < -0.39 is 0 Å². The Morgan fingerprint density at radius 2 is 2.20 bits per heavy atom. The van der Waals surface area contributed by atoms with Crippen LogP contribution in [-0.4, -0.2) is 24.3 Å². The van der Waals surface area contributed by atoms with E-state index in [0.717, 1.165) is 6.29 Å². The van der Waals surface area contributed by atoms with Gasteiger partial charge in [0, 0.05) is 6.42 Å². The predicted octanol–water partition coefficient (Wildman–Crippen LogP) is 0.391. The van der Waals surface area contributed by atoms with Crippen LogP contribution in [0.5, 0.6) is 0 Å². The molecule has 0 spiro atoms. The highest BCUT2D eigenvalue weighted by molar-refractivity contribution is 5.82. The van der Waals surface area contributed by atoms with Crippen LogP contribution in [-0.2, 0) is 4.79 Å². The topological polar surface area (TPSA) is 75.7 Å². The summed E-state index contributed by atoms with van der Waals surface area (Å²) in [6.45, 7) is 1.67. The molecule has 0 unspecified atom stereocenters. The summed E-state index contributed by atoms with van der Waals surface area (Å²) >= 11 is 0. The van der Waals surface area contributed by atoms with Crippen LogP contribution in [0.3, 0.4) is 0 Å². The van der Waals surface area contributed by atoms with Crippen molar-refractivity contribution in [1.29, 1.82) is 0 Å². The monoisotopic (exact) mass is 146 g/mol. The van der Waals surface area contributed by atoms with Crippen molar-refractivity contribution in [3.05, 3.63) is 0 Å². The first-order chi connectivity index (χ1) is 4.81. The summed E-state index contributed by atoms with van der Waals surface area (Å²) in [7, 11) is 1.50. The van der Waals surface area contributed by atoms with E-state index in [1.807, 2.05) is 0 Å². The van der Waals surface area contributed by atoms with Gasteiger partial charge in [-0.25, -0.2) is 0 Å². The number of rotatable bonds is 3. The molecule has 0 radical (unpaired) electrons. The van der Waals surface area contributed by atoms with Crippen LogP contribution in [0.1, 0.15) is 19.8 Å². The molecule has 0 aliphatic heterocycles. The van der Waals surface area contributed by atoms with E-state index >= 15 is 0 Å². The largest absolute Gasteiger partial charge is 0.411 e. The lowest BCUT2D eigenvalue weighted by Gasteiger charge is -1.87. The predicted molar refractivity (Wildman–Crippen MR) is 40.3 cm³/mol. The first kappa shape index (κ1) is 11.8. The Morgan fingerprint density at radius 3 is 2.50 bits per heavy atom. The van der Waals surface area contributed by atoms with E-state index in [4.69, 9.17) is 5.21 Å². The zero-order valence-corrected chi connectivity index (χ0v) is 6.37. The van der Waals surface area contributed by atoms with Gasteiger partial charge in [-0.3, -0.25) is 0 Å². The van der Waals surface area contributed by atoms with Crippen LogP contribution in [0.25, 0.3) is 0 Å². The maximum atomic E-state index is 9.69. The van der Waals surface area contributed by atoms with E-state index in [0.29, 0.717) is 18.6 Å². The second-order valence-corrected chi connectivity index (χ2v) is 1.54. The van der Waals surface area contributed by atoms with E-state index in [1.54, 1.807) is 6.92 Å². The molecule has 0 heterocycles. The first-order valence-electron chi connectivity index (χ1n) is 3.00. The van der Waals surface area contributed by atoms with Crippen molar-refractivity contribution >= 4 is 12.0 Å². The fraction of sp³-hybridized carbons (Fsp3) is 0.667. The molecule has 4 heteroatoms. The minimum atomic E-state index is 0.440. The summed E-state index contributed by atoms with van der Waals surface area (Å²) in [5.41, 5.74) is 5.09. The average Bonchev–Trinajstić information content (AvgIpc) is 2.04. The molecular weight excluding hydrogens is 132 g/mol. The lowest BCUT2D eigenvalue weighted by molar-refractivity contribution is -0.107. The smallest absolute Gasteiger partial charge is 0.120 e. The molecule has 0 aromatic heterocycles. The van der Waals surface area contributed by atoms with E-state index in [9.17, 15) is 4.79 Å². The minimum Gasteiger partial charge on any atom is -0.411 e. The molecule has 0 rings (SSSR count). The Kier molecular flexibility index (Phi) is 13.0. The van der Waals surface area contributed by atoms with Crippen LogP contribution in [0.4, 0.5) is 0 Å². The third-order valence-electron chi connectivity index (χ3n) is 0.795.